The molecule has 1 N–H and O–H groups in total. The van der Waals surface area contributed by atoms with Gasteiger partial charge in [0, 0.05) is 19.1 Å². The Labute approximate surface area is 80.8 Å². The molecule has 0 aromatic heterocycles. The van der Waals surface area contributed by atoms with Crippen molar-refractivity contribution in [2.75, 3.05) is 26.3 Å². The molecule has 3 heteroatoms. The Hall–Kier alpha value is -0.410. The molecule has 78 valence electrons. The van der Waals surface area contributed by atoms with Gasteiger partial charge in [0.15, 0.2) is 5.78 Å². The van der Waals surface area contributed by atoms with Gasteiger partial charge >= 0.3 is 0 Å². The minimum absolute atomic E-state index is 0.0665. The van der Waals surface area contributed by atoms with Crippen LogP contribution in [0.5, 0.6) is 0 Å². The number of hydrogen-bond acceptors (Lipinski definition) is 3. The Bertz CT molecular complexity index is 137. The summed E-state index contributed by atoms with van der Waals surface area (Å²) >= 11 is 0. The summed E-state index contributed by atoms with van der Waals surface area (Å²) in [5.41, 5.74) is 0. The highest BCUT2D eigenvalue weighted by Crippen LogP contribution is 1.96. The average molecular weight is 187 g/mol. The third-order valence-electron chi connectivity index (χ3n) is 1.84. The van der Waals surface area contributed by atoms with Gasteiger partial charge < -0.3 is 10.1 Å². The van der Waals surface area contributed by atoms with Crippen LogP contribution in [0.25, 0.3) is 0 Å². The molecule has 0 aliphatic rings. The molecule has 0 heterocycles. The quantitative estimate of drug-likeness (QED) is 0.581. The second kappa shape index (κ2) is 8.20. The minimum atomic E-state index is 0.0665. The molecule has 1 atom stereocenters. The summed E-state index contributed by atoms with van der Waals surface area (Å²) in [4.78, 5) is 11.4. The van der Waals surface area contributed by atoms with E-state index < -0.39 is 0 Å². The van der Waals surface area contributed by atoms with E-state index in [0.717, 1.165) is 19.5 Å². The standard InChI is InChI=1S/C10H21NO2/c1-4-6-13-8-10(12)9(3)7-11-5-2/h9,11H,4-8H2,1-3H3. The fourth-order valence-electron chi connectivity index (χ4n) is 0.934. The summed E-state index contributed by atoms with van der Waals surface area (Å²) in [6.07, 6.45) is 0.967. The van der Waals surface area contributed by atoms with Gasteiger partial charge in [0.1, 0.15) is 6.61 Å². The van der Waals surface area contributed by atoms with Crippen molar-refractivity contribution in [3.8, 4) is 0 Å². The van der Waals surface area contributed by atoms with Crippen LogP contribution in [0.1, 0.15) is 27.2 Å². The van der Waals surface area contributed by atoms with Crippen molar-refractivity contribution in [1.82, 2.24) is 5.32 Å². The normalized spacial score (nSPS) is 12.8. The molecule has 1 unspecified atom stereocenters. The van der Waals surface area contributed by atoms with Crippen molar-refractivity contribution in [2.45, 2.75) is 27.2 Å². The van der Waals surface area contributed by atoms with Crippen LogP contribution in [0, 0.1) is 5.92 Å². The summed E-state index contributed by atoms with van der Waals surface area (Å²) < 4.78 is 5.17. The van der Waals surface area contributed by atoms with E-state index in [4.69, 9.17) is 4.74 Å². The lowest BCUT2D eigenvalue weighted by atomic mass is 10.1. The number of rotatable bonds is 8. The summed E-state index contributed by atoms with van der Waals surface area (Å²) in [6, 6.07) is 0. The highest BCUT2D eigenvalue weighted by atomic mass is 16.5. The smallest absolute Gasteiger partial charge is 0.162 e. The topological polar surface area (TPSA) is 38.3 Å². The van der Waals surface area contributed by atoms with E-state index in [-0.39, 0.29) is 18.3 Å². The number of Topliss-reactive ketones (excluding diaryl/α,β-unsaturated/α-hetero) is 1. The van der Waals surface area contributed by atoms with E-state index in [0.29, 0.717) is 6.61 Å². The van der Waals surface area contributed by atoms with Gasteiger partial charge in [0.25, 0.3) is 0 Å². The molecule has 0 fully saturated rings. The zero-order valence-corrected chi connectivity index (χ0v) is 8.93. The molecule has 13 heavy (non-hydrogen) atoms. The zero-order valence-electron chi connectivity index (χ0n) is 8.93. The first-order valence-corrected chi connectivity index (χ1v) is 5.03. The Kier molecular flexibility index (Phi) is 7.94. The molecule has 0 radical (unpaired) electrons. The van der Waals surface area contributed by atoms with Crippen LogP contribution in [0.2, 0.25) is 0 Å². The molecule has 0 aliphatic carbocycles. The van der Waals surface area contributed by atoms with E-state index >= 15 is 0 Å². The predicted octanol–water partition coefficient (Wildman–Crippen LogP) is 1.23. The number of carbonyl (C=O) groups is 1. The van der Waals surface area contributed by atoms with Crippen LogP contribution in [0.15, 0.2) is 0 Å². The van der Waals surface area contributed by atoms with Gasteiger partial charge in [0.05, 0.1) is 0 Å². The molecule has 3 nitrogen and oxygen atoms in total. The van der Waals surface area contributed by atoms with Gasteiger partial charge in [0.2, 0.25) is 0 Å². The van der Waals surface area contributed by atoms with Gasteiger partial charge in [-0.25, -0.2) is 0 Å². The Morgan fingerprint density at radius 3 is 2.69 bits per heavy atom. The highest BCUT2D eigenvalue weighted by Gasteiger charge is 2.11. The maximum absolute atomic E-state index is 11.4. The van der Waals surface area contributed by atoms with Crippen molar-refractivity contribution >= 4 is 5.78 Å². The molecule has 0 saturated carbocycles. The van der Waals surface area contributed by atoms with E-state index in [1.807, 2.05) is 20.8 Å². The Morgan fingerprint density at radius 1 is 1.46 bits per heavy atom. The van der Waals surface area contributed by atoms with E-state index in [1.165, 1.54) is 0 Å². The minimum Gasteiger partial charge on any atom is -0.374 e. The summed E-state index contributed by atoms with van der Waals surface area (Å²) in [5, 5.41) is 3.14. The van der Waals surface area contributed by atoms with Gasteiger partial charge in [-0.1, -0.05) is 20.8 Å². The fraction of sp³-hybridized carbons (Fsp3) is 0.900. The maximum atomic E-state index is 11.4. The first-order chi connectivity index (χ1) is 6.22. The van der Waals surface area contributed by atoms with Crippen LogP contribution >= 0.6 is 0 Å². The maximum Gasteiger partial charge on any atom is 0.162 e. The van der Waals surface area contributed by atoms with Crippen LogP contribution in [0.3, 0.4) is 0 Å². The third-order valence-corrected chi connectivity index (χ3v) is 1.84. The molecule has 0 spiro atoms. The number of carbonyl (C=O) groups excluding carboxylic acids is 1. The van der Waals surface area contributed by atoms with Gasteiger partial charge in [-0.05, 0) is 13.0 Å². The molecular formula is C10H21NO2. The summed E-state index contributed by atoms with van der Waals surface area (Å²) in [5.74, 6) is 0.256. The van der Waals surface area contributed by atoms with Crippen molar-refractivity contribution in [2.24, 2.45) is 5.92 Å². The lowest BCUT2D eigenvalue weighted by Gasteiger charge is -2.10. The van der Waals surface area contributed by atoms with Crippen molar-refractivity contribution in [3.63, 3.8) is 0 Å². The molecule has 0 aromatic rings. The molecular weight excluding hydrogens is 166 g/mol. The molecule has 0 aromatic carbocycles. The van der Waals surface area contributed by atoms with Gasteiger partial charge in [-0.3, -0.25) is 4.79 Å². The van der Waals surface area contributed by atoms with Gasteiger partial charge in [-0.2, -0.15) is 0 Å². The first kappa shape index (κ1) is 12.6. The lowest BCUT2D eigenvalue weighted by molar-refractivity contribution is -0.126. The van der Waals surface area contributed by atoms with Crippen LogP contribution in [-0.2, 0) is 9.53 Å². The molecule has 0 rings (SSSR count). The Morgan fingerprint density at radius 2 is 2.15 bits per heavy atom. The van der Waals surface area contributed by atoms with Crippen LogP contribution < -0.4 is 5.32 Å². The number of ketones is 1. The number of ether oxygens (including phenoxy) is 1. The average Bonchev–Trinajstić information content (AvgIpc) is 2.14. The molecule has 0 saturated heterocycles. The molecule has 0 amide bonds. The van der Waals surface area contributed by atoms with Crippen molar-refractivity contribution in [3.05, 3.63) is 0 Å². The Balaban J connectivity index is 3.45. The lowest BCUT2D eigenvalue weighted by Crippen LogP contribution is -2.28. The predicted molar refractivity (Wildman–Crippen MR) is 53.8 cm³/mol. The van der Waals surface area contributed by atoms with Crippen LogP contribution in [-0.4, -0.2) is 32.1 Å². The molecule has 0 bridgehead atoms. The zero-order chi connectivity index (χ0) is 10.1. The first-order valence-electron chi connectivity index (χ1n) is 5.03. The SMILES string of the molecule is CCCOCC(=O)C(C)CNCC. The third kappa shape index (κ3) is 6.72. The van der Waals surface area contributed by atoms with Crippen molar-refractivity contribution in [1.29, 1.82) is 0 Å². The summed E-state index contributed by atoms with van der Waals surface area (Å²) in [6.45, 7) is 8.61. The largest absolute Gasteiger partial charge is 0.374 e. The number of nitrogens with one attached hydrogen (secondary N) is 1. The van der Waals surface area contributed by atoms with Crippen LogP contribution in [0.4, 0.5) is 0 Å². The summed E-state index contributed by atoms with van der Waals surface area (Å²) in [7, 11) is 0. The van der Waals surface area contributed by atoms with Gasteiger partial charge in [-0.15, -0.1) is 0 Å². The van der Waals surface area contributed by atoms with E-state index in [9.17, 15) is 4.79 Å². The number of hydrogen-bond donors (Lipinski definition) is 1. The highest BCUT2D eigenvalue weighted by molar-refractivity contribution is 5.82. The molecule has 0 aliphatic heterocycles. The fourth-order valence-corrected chi connectivity index (χ4v) is 0.934. The van der Waals surface area contributed by atoms with Crippen molar-refractivity contribution < 1.29 is 9.53 Å². The second-order valence-electron chi connectivity index (χ2n) is 3.23. The van der Waals surface area contributed by atoms with E-state index in [1.54, 1.807) is 0 Å². The van der Waals surface area contributed by atoms with E-state index in [2.05, 4.69) is 5.32 Å². The second-order valence-corrected chi connectivity index (χ2v) is 3.23. The monoisotopic (exact) mass is 187 g/mol.